The van der Waals surface area contributed by atoms with Crippen LogP contribution in [-0.2, 0) is 11.3 Å². The predicted octanol–water partition coefficient (Wildman–Crippen LogP) is 1.47. The van der Waals surface area contributed by atoms with Crippen LogP contribution < -0.4 is 21.1 Å². The molecule has 158 valence electrons. The predicted molar refractivity (Wildman–Crippen MR) is 112 cm³/mol. The molecule has 0 saturated heterocycles. The van der Waals surface area contributed by atoms with Gasteiger partial charge in [0.05, 0.1) is 22.8 Å². The third-order valence-corrected chi connectivity index (χ3v) is 5.09. The number of ether oxygens (including phenoxy) is 1. The van der Waals surface area contributed by atoms with Gasteiger partial charge in [-0.15, -0.1) is 0 Å². The van der Waals surface area contributed by atoms with E-state index >= 15 is 0 Å². The maximum atomic E-state index is 12.4. The number of anilines is 1. The number of H-pyrrole nitrogens is 1. The maximum Gasteiger partial charge on any atom is 0.326 e. The van der Waals surface area contributed by atoms with Crippen LogP contribution >= 0.6 is 0 Å². The Labute approximate surface area is 172 Å². The van der Waals surface area contributed by atoms with Gasteiger partial charge in [-0.3, -0.25) is 9.36 Å². The lowest BCUT2D eigenvalue weighted by Crippen LogP contribution is -2.46. The van der Waals surface area contributed by atoms with Crippen LogP contribution in [0, 0.1) is 0 Å². The van der Waals surface area contributed by atoms with Crippen molar-refractivity contribution in [3.05, 3.63) is 52.4 Å². The van der Waals surface area contributed by atoms with E-state index in [0.29, 0.717) is 23.5 Å². The van der Waals surface area contributed by atoms with E-state index in [4.69, 9.17) is 4.74 Å². The van der Waals surface area contributed by atoms with Crippen LogP contribution in [0.15, 0.2) is 41.2 Å². The second-order valence-electron chi connectivity index (χ2n) is 8.06. The summed E-state index contributed by atoms with van der Waals surface area (Å²) in [5.41, 5.74) is 1.55. The SMILES string of the molecule is CC(C)(Cn1c(=O)[nH]c2ccccc21)NCC(O)c1cc(O)cc2c1OCC(=O)N2. The Morgan fingerprint density at radius 3 is 2.83 bits per heavy atom. The molecule has 1 unspecified atom stereocenters. The molecule has 4 rings (SSSR count). The lowest BCUT2D eigenvalue weighted by molar-refractivity contribution is -0.118. The third kappa shape index (κ3) is 3.89. The first kappa shape index (κ1) is 20.0. The smallest absolute Gasteiger partial charge is 0.326 e. The molecule has 1 atom stereocenters. The number of hydrogen-bond acceptors (Lipinski definition) is 6. The summed E-state index contributed by atoms with van der Waals surface area (Å²) in [6, 6.07) is 10.3. The molecule has 5 N–H and O–H groups in total. The number of aliphatic hydroxyl groups is 1. The topological polar surface area (TPSA) is 129 Å². The molecule has 0 spiro atoms. The Kier molecular flexibility index (Phi) is 5.00. The van der Waals surface area contributed by atoms with Gasteiger partial charge in [-0.25, -0.2) is 4.79 Å². The number of nitrogens with zero attached hydrogens (tertiary/aromatic N) is 1. The van der Waals surface area contributed by atoms with Crippen molar-refractivity contribution in [2.24, 2.45) is 0 Å². The Bertz CT molecular complexity index is 1160. The van der Waals surface area contributed by atoms with Gasteiger partial charge in [0.25, 0.3) is 5.91 Å². The normalized spacial score (nSPS) is 14.8. The zero-order valence-corrected chi connectivity index (χ0v) is 16.7. The van der Waals surface area contributed by atoms with E-state index in [1.807, 2.05) is 38.1 Å². The van der Waals surface area contributed by atoms with Gasteiger partial charge < -0.3 is 30.6 Å². The molecule has 0 aliphatic carbocycles. The van der Waals surface area contributed by atoms with E-state index in [2.05, 4.69) is 15.6 Å². The van der Waals surface area contributed by atoms with Crippen molar-refractivity contribution in [3.63, 3.8) is 0 Å². The number of benzene rings is 2. The molecule has 0 fully saturated rings. The van der Waals surface area contributed by atoms with Crippen molar-refractivity contribution in [1.82, 2.24) is 14.9 Å². The first-order chi connectivity index (χ1) is 14.2. The van der Waals surface area contributed by atoms with Crippen LogP contribution in [0.1, 0.15) is 25.5 Å². The second kappa shape index (κ2) is 7.51. The van der Waals surface area contributed by atoms with Gasteiger partial charge in [0.1, 0.15) is 11.5 Å². The zero-order chi connectivity index (χ0) is 21.5. The molecule has 9 heteroatoms. The summed E-state index contributed by atoms with van der Waals surface area (Å²) in [4.78, 5) is 26.7. The second-order valence-corrected chi connectivity index (χ2v) is 8.06. The zero-order valence-electron chi connectivity index (χ0n) is 16.7. The molecule has 0 bridgehead atoms. The summed E-state index contributed by atoms with van der Waals surface area (Å²) in [7, 11) is 0. The Morgan fingerprint density at radius 1 is 1.27 bits per heavy atom. The van der Waals surface area contributed by atoms with Crippen LogP contribution in [0.2, 0.25) is 0 Å². The summed E-state index contributed by atoms with van der Waals surface area (Å²) < 4.78 is 7.12. The first-order valence-corrected chi connectivity index (χ1v) is 9.64. The number of hydrogen-bond donors (Lipinski definition) is 5. The highest BCUT2D eigenvalue weighted by atomic mass is 16.5. The van der Waals surface area contributed by atoms with Crippen LogP contribution in [0.4, 0.5) is 5.69 Å². The van der Waals surface area contributed by atoms with Gasteiger partial charge in [0, 0.05) is 30.3 Å². The van der Waals surface area contributed by atoms with Gasteiger partial charge >= 0.3 is 5.69 Å². The lowest BCUT2D eigenvalue weighted by Gasteiger charge is -2.29. The van der Waals surface area contributed by atoms with E-state index in [0.717, 1.165) is 11.0 Å². The molecule has 1 aliphatic rings. The number of aliphatic hydroxyl groups excluding tert-OH is 1. The highest BCUT2D eigenvalue weighted by Gasteiger charge is 2.26. The number of aromatic amines is 1. The Balaban J connectivity index is 1.51. The highest BCUT2D eigenvalue weighted by molar-refractivity contribution is 5.96. The van der Waals surface area contributed by atoms with Crippen molar-refractivity contribution in [1.29, 1.82) is 0 Å². The van der Waals surface area contributed by atoms with E-state index < -0.39 is 11.6 Å². The number of amides is 1. The van der Waals surface area contributed by atoms with Crippen LogP contribution in [0.3, 0.4) is 0 Å². The molecule has 2 aromatic carbocycles. The molecule has 9 nitrogen and oxygen atoms in total. The van der Waals surface area contributed by atoms with Crippen LogP contribution in [0.25, 0.3) is 11.0 Å². The maximum absolute atomic E-state index is 12.4. The standard InChI is InChI=1S/C21H24N4O5/c1-21(2,11-25-16-6-4-3-5-14(16)24-20(25)29)22-9-17(27)13-7-12(26)8-15-19(13)30-10-18(28)23-15/h3-8,17,22,26-27H,9-11H2,1-2H3,(H,23,28)(H,24,29). The Hall–Kier alpha value is -3.30. The van der Waals surface area contributed by atoms with E-state index in [1.165, 1.54) is 12.1 Å². The third-order valence-electron chi connectivity index (χ3n) is 5.09. The molecule has 0 radical (unpaired) electrons. The number of para-hydroxylation sites is 2. The van der Waals surface area contributed by atoms with E-state index in [-0.39, 0.29) is 30.5 Å². The highest BCUT2D eigenvalue weighted by Crippen LogP contribution is 2.38. The molecular formula is C21H24N4O5. The number of nitrogens with one attached hydrogen (secondary N) is 3. The fourth-order valence-electron chi connectivity index (χ4n) is 3.66. The van der Waals surface area contributed by atoms with Gasteiger partial charge in [0.2, 0.25) is 0 Å². The van der Waals surface area contributed by atoms with Crippen LogP contribution in [-0.4, -0.2) is 44.4 Å². The number of β-amino-alcohol motifs (C(OH)–C–C–N with tert-alkyl or cyclic N) is 1. The first-order valence-electron chi connectivity index (χ1n) is 9.64. The summed E-state index contributed by atoms with van der Waals surface area (Å²) in [6.45, 7) is 4.25. The number of aromatic hydroxyl groups is 1. The molecule has 1 aliphatic heterocycles. The number of imidazole rings is 1. The number of phenolic OH excluding ortho intramolecular Hbond substituents is 1. The van der Waals surface area contributed by atoms with Gasteiger partial charge in [-0.2, -0.15) is 0 Å². The molecule has 1 amide bonds. The quantitative estimate of drug-likeness (QED) is 0.417. The van der Waals surface area contributed by atoms with Gasteiger partial charge in [-0.1, -0.05) is 12.1 Å². The number of fused-ring (bicyclic) bond motifs is 2. The van der Waals surface area contributed by atoms with Crippen molar-refractivity contribution < 1.29 is 19.7 Å². The Morgan fingerprint density at radius 2 is 2.03 bits per heavy atom. The number of carbonyl (C=O) groups is 1. The van der Waals surface area contributed by atoms with Crippen molar-refractivity contribution in [3.8, 4) is 11.5 Å². The average Bonchev–Trinajstić information content (AvgIpc) is 3.00. The minimum Gasteiger partial charge on any atom is -0.508 e. The largest absolute Gasteiger partial charge is 0.508 e. The molecular weight excluding hydrogens is 388 g/mol. The molecule has 3 aromatic rings. The van der Waals surface area contributed by atoms with E-state index in [1.54, 1.807) is 4.57 Å². The van der Waals surface area contributed by atoms with Crippen molar-refractivity contribution in [2.75, 3.05) is 18.5 Å². The fraction of sp³-hybridized carbons (Fsp3) is 0.333. The summed E-state index contributed by atoms with van der Waals surface area (Å²) >= 11 is 0. The summed E-state index contributed by atoms with van der Waals surface area (Å²) in [6.07, 6.45) is -1.00. The van der Waals surface area contributed by atoms with Crippen molar-refractivity contribution in [2.45, 2.75) is 32.0 Å². The minimum absolute atomic E-state index is 0.0850. The minimum atomic E-state index is -1.00. The molecule has 1 aromatic heterocycles. The molecule has 30 heavy (non-hydrogen) atoms. The van der Waals surface area contributed by atoms with Gasteiger partial charge in [0.15, 0.2) is 6.61 Å². The van der Waals surface area contributed by atoms with Gasteiger partial charge in [-0.05, 0) is 32.0 Å². The van der Waals surface area contributed by atoms with E-state index in [9.17, 15) is 19.8 Å². The number of rotatable bonds is 6. The number of phenols is 1. The monoisotopic (exact) mass is 412 g/mol. The van der Waals surface area contributed by atoms with Crippen LogP contribution in [0.5, 0.6) is 11.5 Å². The number of aromatic nitrogens is 2. The molecule has 2 heterocycles. The number of carbonyl (C=O) groups excluding carboxylic acids is 1. The average molecular weight is 412 g/mol. The summed E-state index contributed by atoms with van der Waals surface area (Å²) in [5, 5.41) is 26.6. The summed E-state index contributed by atoms with van der Waals surface area (Å²) in [5.74, 6) is -0.0671. The lowest BCUT2D eigenvalue weighted by atomic mass is 10.0. The fourth-order valence-corrected chi connectivity index (χ4v) is 3.66. The van der Waals surface area contributed by atoms with Crippen molar-refractivity contribution >= 4 is 22.6 Å². The molecule has 0 saturated carbocycles.